The number of alkyl halides is 3. The number of benzene rings is 1. The average Bonchev–Trinajstić information content (AvgIpc) is 2.99. The molecule has 26 heavy (non-hydrogen) atoms. The number of thioether (sulfide) groups is 1. The average molecular weight is 387 g/mol. The molecule has 2 N–H and O–H groups in total. The molecule has 1 aromatic carbocycles. The second-order valence-corrected chi connectivity index (χ2v) is 6.62. The van der Waals surface area contributed by atoms with Gasteiger partial charge in [0.2, 0.25) is 11.8 Å². The molecule has 1 atom stereocenters. The molecule has 1 heterocycles. The molecule has 11 heteroatoms. The van der Waals surface area contributed by atoms with Gasteiger partial charge in [0.15, 0.2) is 5.16 Å². The lowest BCUT2D eigenvalue weighted by Crippen LogP contribution is -2.38. The Balaban J connectivity index is 2.11. The Morgan fingerprint density at radius 3 is 2.73 bits per heavy atom. The number of carbonyl (C=O) groups excluding carboxylic acids is 2. The predicted molar refractivity (Wildman–Crippen MR) is 90.0 cm³/mol. The smallest absolute Gasteiger partial charge is 0.346 e. The van der Waals surface area contributed by atoms with E-state index in [0.717, 1.165) is 11.8 Å². The van der Waals surface area contributed by atoms with Crippen LogP contribution in [0.4, 0.5) is 18.9 Å². The first kappa shape index (κ1) is 19.8. The van der Waals surface area contributed by atoms with E-state index >= 15 is 0 Å². The van der Waals surface area contributed by atoms with E-state index in [9.17, 15) is 22.8 Å². The van der Waals surface area contributed by atoms with Crippen molar-refractivity contribution in [2.45, 2.75) is 30.4 Å². The number of aromatic nitrogens is 3. The molecule has 0 bridgehead atoms. The van der Waals surface area contributed by atoms with Crippen LogP contribution in [0, 0.1) is 0 Å². The Labute approximate surface area is 151 Å². The summed E-state index contributed by atoms with van der Waals surface area (Å²) in [6.07, 6.45) is -3.06. The Morgan fingerprint density at radius 1 is 1.35 bits per heavy atom. The van der Waals surface area contributed by atoms with E-state index in [1.807, 2.05) is 5.32 Å². The van der Waals surface area contributed by atoms with Crippen LogP contribution in [0.2, 0.25) is 0 Å². The number of amides is 2. The summed E-state index contributed by atoms with van der Waals surface area (Å²) in [5.41, 5.74) is 1.20. The molecule has 0 aliphatic heterocycles. The van der Waals surface area contributed by atoms with Gasteiger partial charge in [-0.25, -0.2) is 0 Å². The molecule has 0 spiro atoms. The number of hydrogen-bond donors (Lipinski definition) is 2. The van der Waals surface area contributed by atoms with Crippen molar-refractivity contribution in [1.29, 1.82) is 0 Å². The SMILES string of the molecule is CC(=O)Nc1cccc(-n2cnnc2SC(C)C(=O)NCC(F)(F)F)c1. The van der Waals surface area contributed by atoms with Gasteiger partial charge >= 0.3 is 6.18 Å². The summed E-state index contributed by atoms with van der Waals surface area (Å²) in [7, 11) is 0. The topological polar surface area (TPSA) is 88.9 Å². The second-order valence-electron chi connectivity index (χ2n) is 5.31. The zero-order chi connectivity index (χ0) is 19.3. The van der Waals surface area contributed by atoms with E-state index in [4.69, 9.17) is 0 Å². The van der Waals surface area contributed by atoms with Gasteiger partial charge in [-0.2, -0.15) is 13.2 Å². The molecular weight excluding hydrogens is 371 g/mol. The molecule has 1 aromatic heterocycles. The van der Waals surface area contributed by atoms with Crippen molar-refractivity contribution in [3.8, 4) is 5.69 Å². The third kappa shape index (κ3) is 5.76. The van der Waals surface area contributed by atoms with Gasteiger partial charge in [0, 0.05) is 12.6 Å². The second kappa shape index (κ2) is 8.21. The maximum absolute atomic E-state index is 12.2. The van der Waals surface area contributed by atoms with Crippen LogP contribution < -0.4 is 10.6 Å². The maximum atomic E-state index is 12.2. The van der Waals surface area contributed by atoms with Gasteiger partial charge in [-0.05, 0) is 25.1 Å². The number of anilines is 1. The zero-order valence-electron chi connectivity index (χ0n) is 13.9. The van der Waals surface area contributed by atoms with Gasteiger partial charge < -0.3 is 10.6 Å². The number of carbonyl (C=O) groups is 2. The summed E-state index contributed by atoms with van der Waals surface area (Å²) < 4.78 is 38.2. The molecule has 1 unspecified atom stereocenters. The molecule has 0 radical (unpaired) electrons. The van der Waals surface area contributed by atoms with Crippen LogP contribution in [0.3, 0.4) is 0 Å². The Bertz CT molecular complexity index is 794. The monoisotopic (exact) mass is 387 g/mol. The first-order valence-electron chi connectivity index (χ1n) is 7.45. The van der Waals surface area contributed by atoms with E-state index in [1.54, 1.807) is 28.8 Å². The van der Waals surface area contributed by atoms with Crippen molar-refractivity contribution in [2.75, 3.05) is 11.9 Å². The minimum atomic E-state index is -4.47. The van der Waals surface area contributed by atoms with Gasteiger partial charge in [-0.3, -0.25) is 14.2 Å². The fourth-order valence-corrected chi connectivity index (χ4v) is 2.83. The molecule has 2 rings (SSSR count). The number of halogens is 3. The molecular formula is C15H16F3N5O2S. The number of rotatable bonds is 6. The van der Waals surface area contributed by atoms with E-state index in [-0.39, 0.29) is 5.91 Å². The summed E-state index contributed by atoms with van der Waals surface area (Å²) >= 11 is 0.973. The van der Waals surface area contributed by atoms with Crippen molar-refractivity contribution in [3.63, 3.8) is 0 Å². The predicted octanol–water partition coefficient (Wildman–Crippen LogP) is 2.38. The van der Waals surface area contributed by atoms with Crippen LogP contribution in [0.5, 0.6) is 0 Å². The van der Waals surface area contributed by atoms with Gasteiger partial charge in [0.25, 0.3) is 0 Å². The molecule has 140 valence electrons. The van der Waals surface area contributed by atoms with Crippen LogP contribution in [-0.4, -0.2) is 44.5 Å². The Kier molecular flexibility index (Phi) is 6.24. The fraction of sp³-hybridized carbons (Fsp3) is 0.333. The van der Waals surface area contributed by atoms with Crippen molar-refractivity contribution >= 4 is 29.3 Å². The van der Waals surface area contributed by atoms with Gasteiger partial charge in [-0.1, -0.05) is 17.8 Å². The van der Waals surface area contributed by atoms with Crippen LogP contribution in [0.15, 0.2) is 35.7 Å². The highest BCUT2D eigenvalue weighted by Crippen LogP contribution is 2.25. The van der Waals surface area contributed by atoms with Gasteiger partial charge in [0.05, 0.1) is 10.9 Å². The van der Waals surface area contributed by atoms with Crippen LogP contribution >= 0.6 is 11.8 Å². The lowest BCUT2D eigenvalue weighted by Gasteiger charge is -2.14. The Morgan fingerprint density at radius 2 is 2.08 bits per heavy atom. The van der Waals surface area contributed by atoms with E-state index in [0.29, 0.717) is 16.5 Å². The number of nitrogens with zero attached hydrogens (tertiary/aromatic N) is 3. The maximum Gasteiger partial charge on any atom is 0.405 e. The quantitative estimate of drug-likeness (QED) is 0.743. The molecule has 0 fully saturated rings. The number of hydrogen-bond acceptors (Lipinski definition) is 5. The lowest BCUT2D eigenvalue weighted by molar-refractivity contribution is -0.137. The van der Waals surface area contributed by atoms with Gasteiger partial charge in [0.1, 0.15) is 12.9 Å². The van der Waals surface area contributed by atoms with Gasteiger partial charge in [-0.15, -0.1) is 10.2 Å². The minimum absolute atomic E-state index is 0.226. The first-order valence-corrected chi connectivity index (χ1v) is 8.33. The standard InChI is InChI=1S/C15H16F3N5O2S/c1-9(13(25)19-7-15(16,17)18)26-14-22-20-8-23(14)12-5-3-4-11(6-12)21-10(2)24/h3-6,8-9H,7H2,1-2H3,(H,19,25)(H,21,24). The molecule has 0 saturated heterocycles. The Hall–Kier alpha value is -2.56. The van der Waals surface area contributed by atoms with E-state index < -0.39 is 23.9 Å². The van der Waals surface area contributed by atoms with Crippen molar-refractivity contribution in [3.05, 3.63) is 30.6 Å². The van der Waals surface area contributed by atoms with Crippen LogP contribution in [-0.2, 0) is 9.59 Å². The third-order valence-corrected chi connectivity index (χ3v) is 4.13. The third-order valence-electron chi connectivity index (χ3n) is 3.08. The number of nitrogens with one attached hydrogen (secondary N) is 2. The summed E-state index contributed by atoms with van der Waals surface area (Å²) in [5, 5.41) is 11.7. The highest BCUT2D eigenvalue weighted by atomic mass is 32.2. The highest BCUT2D eigenvalue weighted by molar-refractivity contribution is 8.00. The molecule has 0 aliphatic rings. The zero-order valence-corrected chi connectivity index (χ0v) is 14.7. The summed E-state index contributed by atoms with van der Waals surface area (Å²) in [4.78, 5) is 23.0. The molecule has 2 aromatic rings. The summed E-state index contributed by atoms with van der Waals surface area (Å²) in [6, 6.07) is 6.85. The summed E-state index contributed by atoms with van der Waals surface area (Å²) in [5.74, 6) is -0.982. The molecule has 0 aliphatic carbocycles. The minimum Gasteiger partial charge on any atom is -0.346 e. The first-order chi connectivity index (χ1) is 12.2. The van der Waals surface area contributed by atoms with Crippen molar-refractivity contribution in [1.82, 2.24) is 20.1 Å². The molecule has 0 saturated carbocycles. The lowest BCUT2D eigenvalue weighted by atomic mass is 10.2. The molecule has 7 nitrogen and oxygen atoms in total. The van der Waals surface area contributed by atoms with Crippen LogP contribution in [0.1, 0.15) is 13.8 Å². The summed E-state index contributed by atoms with van der Waals surface area (Å²) in [6.45, 7) is 1.47. The highest BCUT2D eigenvalue weighted by Gasteiger charge is 2.29. The van der Waals surface area contributed by atoms with Crippen molar-refractivity contribution in [2.24, 2.45) is 0 Å². The largest absolute Gasteiger partial charge is 0.405 e. The van der Waals surface area contributed by atoms with E-state index in [2.05, 4.69) is 15.5 Å². The van der Waals surface area contributed by atoms with Crippen LogP contribution in [0.25, 0.3) is 5.69 Å². The van der Waals surface area contributed by atoms with E-state index in [1.165, 1.54) is 20.2 Å². The molecule has 2 amide bonds. The fourth-order valence-electron chi connectivity index (χ4n) is 1.96. The van der Waals surface area contributed by atoms with Crippen molar-refractivity contribution < 1.29 is 22.8 Å². The normalized spacial score (nSPS) is 12.5.